The summed E-state index contributed by atoms with van der Waals surface area (Å²) < 4.78 is 10.5. The van der Waals surface area contributed by atoms with Crippen molar-refractivity contribution in [1.29, 1.82) is 0 Å². The van der Waals surface area contributed by atoms with Crippen LogP contribution in [0, 0.1) is 5.92 Å². The first-order valence-corrected chi connectivity index (χ1v) is 11.6. The Hall–Kier alpha value is -3.35. The lowest BCUT2D eigenvalue weighted by atomic mass is 9.86. The molecule has 2 aromatic rings. The topological polar surface area (TPSA) is 93.7 Å². The molecule has 0 atom stereocenters. The van der Waals surface area contributed by atoms with Crippen LogP contribution in [0.25, 0.3) is 0 Å². The maximum atomic E-state index is 12.4. The van der Waals surface area contributed by atoms with Gasteiger partial charge in [-0.2, -0.15) is 0 Å². The standard InChI is InChI=1S/C26H32N2O5/c1-2-32-23-15-13-22(14-16-23)28-26(31)20-9-11-21(12-10-20)27-24(29)18-33-25(30)17-8-19-6-4-3-5-7-19/h9-16,19H,2-8,17-18H2,1H3,(H,27,29)(H,28,31). The third-order valence-electron chi connectivity index (χ3n) is 5.70. The fraction of sp³-hybridized carbons (Fsp3) is 0.423. The molecule has 0 aromatic heterocycles. The summed E-state index contributed by atoms with van der Waals surface area (Å²) in [6.45, 7) is 2.17. The highest BCUT2D eigenvalue weighted by atomic mass is 16.5. The third-order valence-corrected chi connectivity index (χ3v) is 5.70. The number of esters is 1. The van der Waals surface area contributed by atoms with E-state index in [1.807, 2.05) is 6.92 Å². The van der Waals surface area contributed by atoms with E-state index in [-0.39, 0.29) is 18.5 Å². The van der Waals surface area contributed by atoms with Gasteiger partial charge in [-0.3, -0.25) is 14.4 Å². The van der Waals surface area contributed by atoms with Gasteiger partial charge < -0.3 is 20.1 Å². The molecule has 0 radical (unpaired) electrons. The number of carbonyl (C=O) groups excluding carboxylic acids is 3. The minimum atomic E-state index is -0.410. The zero-order valence-corrected chi connectivity index (χ0v) is 19.1. The van der Waals surface area contributed by atoms with Crippen LogP contribution in [0.4, 0.5) is 11.4 Å². The summed E-state index contributed by atoms with van der Waals surface area (Å²) >= 11 is 0. The minimum absolute atomic E-state index is 0.260. The number of amides is 2. The lowest BCUT2D eigenvalue weighted by Crippen LogP contribution is -2.21. The van der Waals surface area contributed by atoms with Crippen LogP contribution in [0.15, 0.2) is 48.5 Å². The van der Waals surface area contributed by atoms with Crippen LogP contribution in [0.1, 0.15) is 62.2 Å². The first-order valence-electron chi connectivity index (χ1n) is 11.6. The number of rotatable bonds is 10. The molecule has 0 saturated heterocycles. The molecule has 0 heterocycles. The van der Waals surface area contributed by atoms with Crippen LogP contribution >= 0.6 is 0 Å². The maximum Gasteiger partial charge on any atom is 0.306 e. The molecule has 2 aromatic carbocycles. The fourth-order valence-electron chi connectivity index (χ4n) is 3.92. The van der Waals surface area contributed by atoms with Crippen molar-refractivity contribution in [2.45, 2.75) is 51.9 Å². The molecule has 0 bridgehead atoms. The molecule has 1 aliphatic carbocycles. The van der Waals surface area contributed by atoms with E-state index < -0.39 is 5.91 Å². The van der Waals surface area contributed by atoms with E-state index in [9.17, 15) is 14.4 Å². The average molecular weight is 453 g/mol. The first-order chi connectivity index (χ1) is 16.0. The lowest BCUT2D eigenvalue weighted by molar-refractivity contribution is -0.147. The summed E-state index contributed by atoms with van der Waals surface area (Å²) in [5, 5.41) is 5.49. The molecule has 7 nitrogen and oxygen atoms in total. The Balaban J connectivity index is 1.39. The quantitative estimate of drug-likeness (QED) is 0.485. The van der Waals surface area contributed by atoms with Crippen LogP contribution in [-0.2, 0) is 14.3 Å². The van der Waals surface area contributed by atoms with E-state index in [0.717, 1.165) is 12.2 Å². The molecule has 0 aliphatic heterocycles. The van der Waals surface area contributed by atoms with Crippen LogP contribution in [-0.4, -0.2) is 31.0 Å². The number of carbonyl (C=O) groups is 3. The second kappa shape index (κ2) is 12.6. The molecule has 2 N–H and O–H groups in total. The van der Waals surface area contributed by atoms with Crippen molar-refractivity contribution in [3.05, 3.63) is 54.1 Å². The van der Waals surface area contributed by atoms with Crippen molar-refractivity contribution in [3.8, 4) is 5.75 Å². The lowest BCUT2D eigenvalue weighted by Gasteiger charge is -2.20. The Morgan fingerprint density at radius 2 is 1.52 bits per heavy atom. The predicted molar refractivity (Wildman–Crippen MR) is 127 cm³/mol. The van der Waals surface area contributed by atoms with Gasteiger partial charge in [0.15, 0.2) is 6.61 Å². The summed E-state index contributed by atoms with van der Waals surface area (Å²) in [4.78, 5) is 36.4. The van der Waals surface area contributed by atoms with Gasteiger partial charge in [-0.1, -0.05) is 32.1 Å². The summed E-state index contributed by atoms with van der Waals surface area (Å²) in [5.74, 6) is 0.337. The Labute approximate surface area is 194 Å². The van der Waals surface area contributed by atoms with Gasteiger partial charge in [-0.15, -0.1) is 0 Å². The summed E-state index contributed by atoms with van der Waals surface area (Å²) in [6.07, 6.45) is 7.32. The molecular weight excluding hydrogens is 420 g/mol. The third kappa shape index (κ3) is 8.25. The molecule has 0 spiro atoms. The smallest absolute Gasteiger partial charge is 0.306 e. The van der Waals surface area contributed by atoms with E-state index in [1.54, 1.807) is 48.5 Å². The van der Waals surface area contributed by atoms with E-state index in [4.69, 9.17) is 9.47 Å². The molecule has 3 rings (SSSR count). The summed E-state index contributed by atoms with van der Waals surface area (Å²) in [5.41, 5.74) is 1.64. The number of hydrogen-bond acceptors (Lipinski definition) is 5. The van der Waals surface area contributed by atoms with E-state index in [2.05, 4.69) is 10.6 Å². The molecule has 0 unspecified atom stereocenters. The van der Waals surface area contributed by atoms with Crippen molar-refractivity contribution < 1.29 is 23.9 Å². The molecular formula is C26H32N2O5. The average Bonchev–Trinajstić information content (AvgIpc) is 2.84. The Bertz CT molecular complexity index is 919. The van der Waals surface area contributed by atoms with Crippen LogP contribution in [0.5, 0.6) is 5.75 Å². The Morgan fingerprint density at radius 3 is 2.18 bits per heavy atom. The van der Waals surface area contributed by atoms with Crippen molar-refractivity contribution in [1.82, 2.24) is 0 Å². The molecule has 7 heteroatoms. The Kier molecular flexibility index (Phi) is 9.30. The van der Waals surface area contributed by atoms with Gasteiger partial charge in [0.05, 0.1) is 6.61 Å². The Morgan fingerprint density at radius 1 is 0.879 bits per heavy atom. The molecule has 1 aliphatic rings. The van der Waals surface area contributed by atoms with Gasteiger partial charge >= 0.3 is 5.97 Å². The van der Waals surface area contributed by atoms with Gasteiger partial charge in [-0.05, 0) is 67.8 Å². The number of hydrogen-bond donors (Lipinski definition) is 2. The first kappa shape index (κ1) is 24.3. The number of ether oxygens (including phenoxy) is 2. The second-order valence-electron chi connectivity index (χ2n) is 8.24. The monoisotopic (exact) mass is 452 g/mol. The van der Waals surface area contributed by atoms with E-state index in [1.165, 1.54) is 32.1 Å². The van der Waals surface area contributed by atoms with Gasteiger partial charge in [-0.25, -0.2) is 0 Å². The fourth-order valence-corrected chi connectivity index (χ4v) is 3.92. The molecule has 176 valence electrons. The summed E-state index contributed by atoms with van der Waals surface area (Å²) in [6, 6.07) is 13.6. The van der Waals surface area contributed by atoms with Crippen LogP contribution in [0.2, 0.25) is 0 Å². The van der Waals surface area contributed by atoms with Crippen molar-refractivity contribution in [2.75, 3.05) is 23.8 Å². The van der Waals surface area contributed by atoms with Crippen molar-refractivity contribution in [2.24, 2.45) is 5.92 Å². The normalized spacial score (nSPS) is 13.7. The molecule has 1 fully saturated rings. The molecule has 2 amide bonds. The van der Waals surface area contributed by atoms with E-state index >= 15 is 0 Å². The van der Waals surface area contributed by atoms with Crippen molar-refractivity contribution in [3.63, 3.8) is 0 Å². The second-order valence-corrected chi connectivity index (χ2v) is 8.24. The van der Waals surface area contributed by atoms with Crippen LogP contribution < -0.4 is 15.4 Å². The highest BCUT2D eigenvalue weighted by Crippen LogP contribution is 2.27. The van der Waals surface area contributed by atoms with Gasteiger partial charge in [0.25, 0.3) is 11.8 Å². The van der Waals surface area contributed by atoms with Gasteiger partial charge in [0.1, 0.15) is 5.75 Å². The van der Waals surface area contributed by atoms with Gasteiger partial charge in [0, 0.05) is 23.4 Å². The van der Waals surface area contributed by atoms with Gasteiger partial charge in [0.2, 0.25) is 0 Å². The maximum absolute atomic E-state index is 12.4. The number of nitrogens with one attached hydrogen (secondary N) is 2. The zero-order valence-electron chi connectivity index (χ0n) is 19.1. The summed E-state index contributed by atoms with van der Waals surface area (Å²) in [7, 11) is 0. The van der Waals surface area contributed by atoms with Crippen molar-refractivity contribution >= 4 is 29.2 Å². The van der Waals surface area contributed by atoms with Crippen LogP contribution in [0.3, 0.4) is 0 Å². The number of benzene rings is 2. The highest BCUT2D eigenvalue weighted by Gasteiger charge is 2.16. The zero-order chi connectivity index (χ0) is 23.5. The van der Waals surface area contributed by atoms with E-state index in [0.29, 0.717) is 35.9 Å². The molecule has 1 saturated carbocycles. The SMILES string of the molecule is CCOc1ccc(NC(=O)c2ccc(NC(=O)COC(=O)CCC3CCCCC3)cc2)cc1. The largest absolute Gasteiger partial charge is 0.494 e. The minimum Gasteiger partial charge on any atom is -0.494 e. The molecule has 33 heavy (non-hydrogen) atoms. The highest BCUT2D eigenvalue weighted by molar-refractivity contribution is 6.04. The number of anilines is 2. The predicted octanol–water partition coefficient (Wildman–Crippen LogP) is 5.18.